The lowest BCUT2D eigenvalue weighted by atomic mass is 10.0. The summed E-state index contributed by atoms with van der Waals surface area (Å²) in [6.07, 6.45) is 9.88. The average molecular weight is 328 g/mol. The minimum Gasteiger partial charge on any atom is -0.472 e. The van der Waals surface area contributed by atoms with Crippen LogP contribution in [-0.4, -0.2) is 41.8 Å². The number of hydrogen-bond acceptors (Lipinski definition) is 5. The Hall–Kier alpha value is -1.69. The van der Waals surface area contributed by atoms with E-state index in [4.69, 9.17) is 13.9 Å². The highest BCUT2D eigenvalue weighted by Gasteiger charge is 2.42. The summed E-state index contributed by atoms with van der Waals surface area (Å²) in [6, 6.07) is 6.55. The summed E-state index contributed by atoms with van der Waals surface area (Å²) in [4.78, 5) is 6.67. The zero-order chi connectivity index (χ0) is 16.2. The molecule has 2 fully saturated rings. The Morgan fingerprint density at radius 1 is 1.25 bits per heavy atom. The molecule has 1 saturated heterocycles. The molecule has 5 nitrogen and oxygen atoms in total. The zero-order valence-corrected chi connectivity index (χ0v) is 13.8. The van der Waals surface area contributed by atoms with E-state index in [1.54, 1.807) is 12.5 Å². The fourth-order valence-corrected chi connectivity index (χ4v) is 3.94. The normalized spacial score (nSPS) is 27.2. The number of morpholine rings is 1. The first-order valence-corrected chi connectivity index (χ1v) is 8.73. The molecule has 2 aliphatic rings. The van der Waals surface area contributed by atoms with E-state index in [0.717, 1.165) is 31.9 Å². The SMILES string of the molecule is c1cncc(COC[C@@H]2CC[C@@H]3[C@H]2OCCN3Cc2ccoc2)c1. The van der Waals surface area contributed by atoms with Crippen LogP contribution in [0, 0.1) is 5.92 Å². The van der Waals surface area contributed by atoms with Crippen molar-refractivity contribution in [2.75, 3.05) is 19.8 Å². The lowest BCUT2D eigenvalue weighted by Crippen LogP contribution is -2.50. The van der Waals surface area contributed by atoms with Gasteiger partial charge in [0.1, 0.15) is 0 Å². The highest BCUT2D eigenvalue weighted by atomic mass is 16.5. The molecular weight excluding hydrogens is 304 g/mol. The van der Waals surface area contributed by atoms with Crippen LogP contribution >= 0.6 is 0 Å². The van der Waals surface area contributed by atoms with Crippen molar-refractivity contribution in [3.63, 3.8) is 0 Å². The third kappa shape index (κ3) is 3.53. The number of pyridine rings is 1. The van der Waals surface area contributed by atoms with Crippen molar-refractivity contribution >= 4 is 0 Å². The molecule has 2 aromatic heterocycles. The minimum absolute atomic E-state index is 0.291. The first-order chi connectivity index (χ1) is 11.9. The minimum atomic E-state index is 0.291. The van der Waals surface area contributed by atoms with Gasteiger partial charge in [0.25, 0.3) is 0 Å². The third-order valence-electron chi connectivity index (χ3n) is 5.12. The van der Waals surface area contributed by atoms with Gasteiger partial charge in [-0.1, -0.05) is 6.07 Å². The van der Waals surface area contributed by atoms with Crippen LogP contribution in [0.4, 0.5) is 0 Å². The number of ether oxygens (including phenoxy) is 2. The zero-order valence-electron chi connectivity index (χ0n) is 13.8. The van der Waals surface area contributed by atoms with E-state index < -0.39 is 0 Å². The van der Waals surface area contributed by atoms with Gasteiger partial charge in [0.05, 0.1) is 38.5 Å². The Labute approximate surface area is 142 Å². The molecule has 0 bridgehead atoms. The Balaban J connectivity index is 1.31. The molecule has 0 radical (unpaired) electrons. The highest BCUT2D eigenvalue weighted by Crippen LogP contribution is 2.35. The molecule has 2 aromatic rings. The molecule has 1 aliphatic carbocycles. The quantitative estimate of drug-likeness (QED) is 0.816. The summed E-state index contributed by atoms with van der Waals surface area (Å²) in [7, 11) is 0. The average Bonchev–Trinajstić information content (AvgIpc) is 3.27. The number of nitrogens with zero attached hydrogens (tertiary/aromatic N) is 2. The lowest BCUT2D eigenvalue weighted by molar-refractivity contribution is -0.0892. The maximum atomic E-state index is 6.11. The summed E-state index contributed by atoms with van der Waals surface area (Å²) >= 11 is 0. The van der Waals surface area contributed by atoms with Crippen LogP contribution in [0.1, 0.15) is 24.0 Å². The molecule has 1 saturated carbocycles. The Morgan fingerprint density at radius 2 is 2.25 bits per heavy atom. The second-order valence-corrected chi connectivity index (χ2v) is 6.72. The van der Waals surface area contributed by atoms with Crippen molar-refractivity contribution in [2.45, 2.75) is 38.1 Å². The monoisotopic (exact) mass is 328 g/mol. The molecule has 5 heteroatoms. The smallest absolute Gasteiger partial charge is 0.0947 e. The van der Waals surface area contributed by atoms with Gasteiger partial charge in [0.15, 0.2) is 0 Å². The van der Waals surface area contributed by atoms with Gasteiger partial charge in [-0.3, -0.25) is 9.88 Å². The predicted molar refractivity (Wildman–Crippen MR) is 89.3 cm³/mol. The summed E-state index contributed by atoms with van der Waals surface area (Å²) < 4.78 is 17.3. The Kier molecular flexibility index (Phi) is 4.92. The maximum Gasteiger partial charge on any atom is 0.0947 e. The highest BCUT2D eigenvalue weighted by molar-refractivity contribution is 5.08. The molecule has 24 heavy (non-hydrogen) atoms. The maximum absolute atomic E-state index is 6.11. The predicted octanol–water partition coefficient (Wildman–Crippen LogP) is 2.87. The largest absolute Gasteiger partial charge is 0.472 e. The second kappa shape index (κ2) is 7.47. The van der Waals surface area contributed by atoms with E-state index in [-0.39, 0.29) is 0 Å². The van der Waals surface area contributed by atoms with Gasteiger partial charge in [-0.15, -0.1) is 0 Å². The topological polar surface area (TPSA) is 47.7 Å². The number of fused-ring (bicyclic) bond motifs is 1. The number of hydrogen-bond donors (Lipinski definition) is 0. The Bertz CT molecular complexity index is 617. The van der Waals surface area contributed by atoms with E-state index in [1.807, 2.05) is 30.7 Å². The van der Waals surface area contributed by atoms with Gasteiger partial charge in [-0.25, -0.2) is 0 Å². The molecule has 0 spiro atoms. The lowest BCUT2D eigenvalue weighted by Gasteiger charge is -2.39. The van der Waals surface area contributed by atoms with Crippen LogP contribution in [0.2, 0.25) is 0 Å². The molecule has 0 unspecified atom stereocenters. The van der Waals surface area contributed by atoms with Gasteiger partial charge in [-0.05, 0) is 30.5 Å². The van der Waals surface area contributed by atoms with Crippen LogP contribution < -0.4 is 0 Å². The van der Waals surface area contributed by atoms with Crippen molar-refractivity contribution in [2.24, 2.45) is 5.92 Å². The van der Waals surface area contributed by atoms with Crippen molar-refractivity contribution in [1.29, 1.82) is 0 Å². The van der Waals surface area contributed by atoms with Crippen LogP contribution in [0.3, 0.4) is 0 Å². The summed E-state index contributed by atoms with van der Waals surface area (Å²) in [6.45, 7) is 4.13. The van der Waals surface area contributed by atoms with E-state index in [0.29, 0.717) is 24.7 Å². The fraction of sp³-hybridized carbons (Fsp3) is 0.526. The fourth-order valence-electron chi connectivity index (χ4n) is 3.94. The first-order valence-electron chi connectivity index (χ1n) is 8.73. The van der Waals surface area contributed by atoms with Gasteiger partial charge in [0.2, 0.25) is 0 Å². The summed E-state index contributed by atoms with van der Waals surface area (Å²) in [5, 5.41) is 0. The van der Waals surface area contributed by atoms with Crippen LogP contribution in [0.15, 0.2) is 47.5 Å². The molecule has 1 aliphatic heterocycles. The van der Waals surface area contributed by atoms with Crippen LogP contribution in [0.25, 0.3) is 0 Å². The molecule has 0 N–H and O–H groups in total. The van der Waals surface area contributed by atoms with E-state index in [1.165, 1.54) is 18.4 Å². The Morgan fingerprint density at radius 3 is 3.08 bits per heavy atom. The standard InChI is InChI=1S/C19H24N2O3/c1-2-15(10-20-6-1)12-23-14-17-3-4-18-19(17)24-9-7-21(18)11-16-5-8-22-13-16/h1-2,5-6,8,10,13,17-19H,3-4,7,9,11-12,14H2/t17-,18+,19-/m0/s1. The van der Waals surface area contributed by atoms with Gasteiger partial charge < -0.3 is 13.9 Å². The van der Waals surface area contributed by atoms with Gasteiger partial charge >= 0.3 is 0 Å². The number of aromatic nitrogens is 1. The molecule has 128 valence electrons. The van der Waals surface area contributed by atoms with Crippen molar-refractivity contribution in [3.8, 4) is 0 Å². The van der Waals surface area contributed by atoms with Gasteiger partial charge in [-0.2, -0.15) is 0 Å². The van der Waals surface area contributed by atoms with Crippen LogP contribution in [0.5, 0.6) is 0 Å². The molecular formula is C19H24N2O3. The molecule has 3 heterocycles. The number of furan rings is 1. The summed E-state index contributed by atoms with van der Waals surface area (Å²) in [5.74, 6) is 0.485. The van der Waals surface area contributed by atoms with E-state index in [9.17, 15) is 0 Å². The first kappa shape index (κ1) is 15.8. The molecule has 0 amide bonds. The van der Waals surface area contributed by atoms with E-state index >= 15 is 0 Å². The summed E-state index contributed by atoms with van der Waals surface area (Å²) in [5.41, 5.74) is 2.37. The van der Waals surface area contributed by atoms with Crippen molar-refractivity contribution in [3.05, 3.63) is 54.2 Å². The second-order valence-electron chi connectivity index (χ2n) is 6.72. The van der Waals surface area contributed by atoms with Crippen molar-refractivity contribution < 1.29 is 13.9 Å². The number of rotatable bonds is 6. The molecule has 3 atom stereocenters. The van der Waals surface area contributed by atoms with Crippen molar-refractivity contribution in [1.82, 2.24) is 9.88 Å². The van der Waals surface area contributed by atoms with Gasteiger partial charge in [0, 0.05) is 43.0 Å². The molecule has 4 rings (SSSR count). The third-order valence-corrected chi connectivity index (χ3v) is 5.12. The molecule has 0 aromatic carbocycles. The van der Waals surface area contributed by atoms with E-state index in [2.05, 4.69) is 9.88 Å². The van der Waals surface area contributed by atoms with Crippen LogP contribution in [-0.2, 0) is 22.6 Å².